The fourth-order valence-electron chi connectivity index (χ4n) is 3.29. The number of carbonyl (C=O) groups is 1. The third-order valence-electron chi connectivity index (χ3n) is 4.73. The first-order valence-corrected chi connectivity index (χ1v) is 10.4. The van der Waals surface area contributed by atoms with Gasteiger partial charge in [-0.15, -0.1) is 0 Å². The molecule has 3 aromatic heterocycles. The molecule has 2 amide bonds. The summed E-state index contributed by atoms with van der Waals surface area (Å²) in [6.07, 6.45) is 3.71. The smallest absolute Gasteiger partial charge is 0.323 e. The number of carbonyl (C=O) groups excluding carboxylic acids is 1. The number of rotatable bonds is 4. The minimum absolute atomic E-state index is 0.331. The lowest BCUT2D eigenvalue weighted by atomic mass is 10.1. The number of anilines is 2. The highest BCUT2D eigenvalue weighted by molar-refractivity contribution is 9.10. The Morgan fingerprint density at radius 2 is 1.32 bits per heavy atom. The summed E-state index contributed by atoms with van der Waals surface area (Å²) < 4.78 is 0.947. The second-order valence-corrected chi connectivity index (χ2v) is 7.79. The van der Waals surface area contributed by atoms with Gasteiger partial charge in [-0.25, -0.2) is 14.8 Å². The number of nitrogens with one attached hydrogen (secondary N) is 4. The molecule has 3 heterocycles. The van der Waals surface area contributed by atoms with Crippen molar-refractivity contribution in [3.05, 3.63) is 83.6 Å². The van der Waals surface area contributed by atoms with E-state index in [1.54, 1.807) is 0 Å². The van der Waals surface area contributed by atoms with Gasteiger partial charge in [0.25, 0.3) is 0 Å². The van der Waals surface area contributed by atoms with Crippen LogP contribution in [0.25, 0.3) is 33.8 Å². The second-order valence-electron chi connectivity index (χ2n) is 6.88. The minimum atomic E-state index is -0.331. The lowest BCUT2D eigenvalue weighted by Gasteiger charge is -2.11. The van der Waals surface area contributed by atoms with Crippen molar-refractivity contribution >= 4 is 44.4 Å². The van der Waals surface area contributed by atoms with Crippen molar-refractivity contribution in [2.75, 3.05) is 10.6 Å². The van der Waals surface area contributed by atoms with E-state index in [1.165, 1.54) is 0 Å². The molecule has 0 spiro atoms. The number of halogens is 1. The number of fused-ring (bicyclic) bond motifs is 1. The Morgan fingerprint density at radius 3 is 1.94 bits per heavy atom. The highest BCUT2D eigenvalue weighted by Crippen LogP contribution is 2.30. The number of benzene rings is 2. The molecule has 0 radical (unpaired) electrons. The Morgan fingerprint density at radius 1 is 0.742 bits per heavy atom. The molecule has 0 atom stereocenters. The quantitative estimate of drug-likeness (QED) is 0.257. The Balaban J connectivity index is 1.47. The molecule has 0 saturated carbocycles. The first kappa shape index (κ1) is 19.1. The van der Waals surface area contributed by atoms with Crippen molar-refractivity contribution in [3.63, 3.8) is 0 Å². The average molecular weight is 473 g/mol. The Hall–Kier alpha value is -3.91. The fourth-order valence-corrected chi connectivity index (χ4v) is 3.55. The lowest BCUT2D eigenvalue weighted by Crippen LogP contribution is -2.19. The number of hydrogen-bond donors (Lipinski definition) is 4. The number of H-pyrrole nitrogens is 2. The van der Waals surface area contributed by atoms with Crippen LogP contribution in [-0.4, -0.2) is 26.0 Å². The maximum Gasteiger partial charge on any atom is 0.323 e. The normalized spacial score (nSPS) is 10.9. The zero-order valence-corrected chi connectivity index (χ0v) is 17.8. The monoisotopic (exact) mass is 472 g/mol. The first-order chi connectivity index (χ1) is 15.2. The van der Waals surface area contributed by atoms with E-state index in [2.05, 4.69) is 36.5 Å². The SMILES string of the molecule is O=C(Nc1ccc(Br)cc1)Nc1ccc2nc(-c3ccc[nH]3)c(-c3ccc[nH]3)nc2c1. The van der Waals surface area contributed by atoms with E-state index >= 15 is 0 Å². The van der Waals surface area contributed by atoms with Crippen LogP contribution in [0.15, 0.2) is 83.6 Å². The van der Waals surface area contributed by atoms with E-state index in [-0.39, 0.29) is 6.03 Å². The molecule has 0 aliphatic rings. The van der Waals surface area contributed by atoms with E-state index in [0.29, 0.717) is 16.9 Å². The van der Waals surface area contributed by atoms with Gasteiger partial charge in [0.15, 0.2) is 0 Å². The maximum absolute atomic E-state index is 12.4. The number of aromatic amines is 2. The molecular formula is C23H17BrN6O. The van der Waals surface area contributed by atoms with Crippen LogP contribution in [0, 0.1) is 0 Å². The molecule has 152 valence electrons. The van der Waals surface area contributed by atoms with Crippen LogP contribution in [-0.2, 0) is 0 Å². The maximum atomic E-state index is 12.4. The number of amides is 2. The predicted molar refractivity (Wildman–Crippen MR) is 126 cm³/mol. The van der Waals surface area contributed by atoms with Gasteiger partial charge in [0, 0.05) is 28.2 Å². The molecule has 4 N–H and O–H groups in total. The molecule has 5 aromatic rings. The number of nitrogens with zero attached hydrogens (tertiary/aromatic N) is 2. The van der Waals surface area contributed by atoms with Crippen molar-refractivity contribution in [3.8, 4) is 22.8 Å². The van der Waals surface area contributed by atoms with Crippen molar-refractivity contribution in [2.45, 2.75) is 0 Å². The standard InChI is InChI=1S/C23H17BrN6O/c24-14-5-7-15(8-6-14)27-23(31)28-16-9-10-17-20(13-16)30-22(19-4-2-12-26-19)21(29-17)18-3-1-11-25-18/h1-13,25-26H,(H2,27,28,31). The van der Waals surface area contributed by atoms with Crippen molar-refractivity contribution < 1.29 is 4.79 Å². The molecule has 0 unspecified atom stereocenters. The summed E-state index contributed by atoms with van der Waals surface area (Å²) in [5.74, 6) is 0. The lowest BCUT2D eigenvalue weighted by molar-refractivity contribution is 0.262. The van der Waals surface area contributed by atoms with Gasteiger partial charge < -0.3 is 20.6 Å². The molecule has 0 bridgehead atoms. The summed E-state index contributed by atoms with van der Waals surface area (Å²) in [4.78, 5) is 28.5. The van der Waals surface area contributed by atoms with Gasteiger partial charge in [-0.05, 0) is 66.7 Å². The van der Waals surface area contributed by atoms with E-state index < -0.39 is 0 Å². The molecular weight excluding hydrogens is 456 g/mol. The third-order valence-corrected chi connectivity index (χ3v) is 5.26. The molecule has 5 rings (SSSR count). The minimum Gasteiger partial charge on any atom is -0.360 e. The number of urea groups is 1. The molecule has 2 aromatic carbocycles. The van der Waals surface area contributed by atoms with Crippen LogP contribution in [0.4, 0.5) is 16.2 Å². The topological polar surface area (TPSA) is 98.5 Å². The van der Waals surface area contributed by atoms with Gasteiger partial charge in [0.2, 0.25) is 0 Å². The number of hydrogen-bond acceptors (Lipinski definition) is 3. The zero-order chi connectivity index (χ0) is 21.2. The largest absolute Gasteiger partial charge is 0.360 e. The van der Waals surface area contributed by atoms with E-state index in [4.69, 9.17) is 9.97 Å². The molecule has 0 fully saturated rings. The van der Waals surface area contributed by atoms with Gasteiger partial charge in [0.05, 0.1) is 22.4 Å². The molecule has 0 saturated heterocycles. The summed E-state index contributed by atoms with van der Waals surface area (Å²) in [5.41, 5.74) is 5.98. The molecule has 31 heavy (non-hydrogen) atoms. The first-order valence-electron chi connectivity index (χ1n) is 9.58. The fraction of sp³-hybridized carbons (Fsp3) is 0. The Bertz CT molecular complexity index is 1350. The molecule has 0 aliphatic heterocycles. The summed E-state index contributed by atoms with van der Waals surface area (Å²) in [7, 11) is 0. The van der Waals surface area contributed by atoms with Gasteiger partial charge in [-0.1, -0.05) is 15.9 Å². The molecule has 8 heteroatoms. The van der Waals surface area contributed by atoms with Crippen LogP contribution in [0.5, 0.6) is 0 Å². The number of aromatic nitrogens is 4. The zero-order valence-electron chi connectivity index (χ0n) is 16.2. The Labute approximate surface area is 186 Å². The van der Waals surface area contributed by atoms with Crippen LogP contribution in [0.1, 0.15) is 0 Å². The van der Waals surface area contributed by atoms with Gasteiger partial charge >= 0.3 is 6.03 Å². The van der Waals surface area contributed by atoms with Crippen molar-refractivity contribution in [2.24, 2.45) is 0 Å². The van der Waals surface area contributed by atoms with Crippen LogP contribution in [0.3, 0.4) is 0 Å². The Kier molecular flexibility index (Phi) is 4.97. The second kappa shape index (κ2) is 8.08. The molecule has 7 nitrogen and oxygen atoms in total. The van der Waals surface area contributed by atoms with Crippen LogP contribution < -0.4 is 10.6 Å². The van der Waals surface area contributed by atoms with Gasteiger partial charge in [-0.2, -0.15) is 0 Å². The van der Waals surface area contributed by atoms with E-state index in [1.807, 2.05) is 79.1 Å². The van der Waals surface area contributed by atoms with E-state index in [0.717, 1.165) is 32.8 Å². The highest BCUT2D eigenvalue weighted by atomic mass is 79.9. The van der Waals surface area contributed by atoms with Gasteiger partial charge in [-0.3, -0.25) is 0 Å². The summed E-state index contributed by atoms with van der Waals surface area (Å²) in [6.45, 7) is 0. The van der Waals surface area contributed by atoms with Gasteiger partial charge in [0.1, 0.15) is 11.4 Å². The van der Waals surface area contributed by atoms with E-state index in [9.17, 15) is 4.79 Å². The van der Waals surface area contributed by atoms with Crippen LogP contribution >= 0.6 is 15.9 Å². The third kappa shape index (κ3) is 4.06. The summed E-state index contributed by atoms with van der Waals surface area (Å²) in [5, 5.41) is 5.66. The van der Waals surface area contributed by atoms with Crippen molar-refractivity contribution in [1.29, 1.82) is 0 Å². The molecule has 0 aliphatic carbocycles. The highest BCUT2D eigenvalue weighted by Gasteiger charge is 2.15. The van der Waals surface area contributed by atoms with Crippen molar-refractivity contribution in [1.82, 2.24) is 19.9 Å². The average Bonchev–Trinajstić information content (AvgIpc) is 3.49. The predicted octanol–water partition coefficient (Wildman–Crippen LogP) is 6.03. The summed E-state index contributed by atoms with van der Waals surface area (Å²) in [6, 6.07) is 20.3. The summed E-state index contributed by atoms with van der Waals surface area (Å²) >= 11 is 3.38. The van der Waals surface area contributed by atoms with Crippen LogP contribution in [0.2, 0.25) is 0 Å².